The van der Waals surface area contributed by atoms with Crippen molar-refractivity contribution < 1.29 is 14.6 Å². The minimum Gasteiger partial charge on any atom is -0.482 e. The van der Waals surface area contributed by atoms with Gasteiger partial charge >= 0.3 is 0 Å². The molecule has 1 unspecified atom stereocenters. The zero-order valence-electron chi connectivity index (χ0n) is 10.7. The van der Waals surface area contributed by atoms with Crippen LogP contribution >= 0.6 is 23.2 Å². The molecule has 0 bridgehead atoms. The zero-order valence-corrected chi connectivity index (χ0v) is 12.2. The van der Waals surface area contributed by atoms with Crippen molar-refractivity contribution in [1.82, 2.24) is 5.32 Å². The van der Waals surface area contributed by atoms with E-state index < -0.39 is 0 Å². The lowest BCUT2D eigenvalue weighted by atomic mass is 10.1. The molecule has 1 atom stereocenters. The van der Waals surface area contributed by atoms with E-state index in [0.29, 0.717) is 28.8 Å². The van der Waals surface area contributed by atoms with Crippen molar-refractivity contribution >= 4 is 29.1 Å². The number of aliphatic hydroxyl groups is 1. The fourth-order valence-electron chi connectivity index (χ4n) is 1.39. The quantitative estimate of drug-likeness (QED) is 0.814. The molecule has 0 aromatic heterocycles. The lowest BCUT2D eigenvalue weighted by Crippen LogP contribution is -2.32. The molecule has 0 spiro atoms. The van der Waals surface area contributed by atoms with Crippen molar-refractivity contribution in [3.05, 3.63) is 28.2 Å². The standard InChI is InChI=1S/C13H17Cl2NO3/c1-9(4-5-17)7-16-13(18)8-19-12-6-10(14)2-3-11(12)15/h2-3,6,9,17H,4-5,7-8H2,1H3,(H,16,18). The highest BCUT2D eigenvalue weighted by Gasteiger charge is 2.08. The Kier molecular flexibility index (Phi) is 6.99. The average Bonchev–Trinajstić information content (AvgIpc) is 2.38. The monoisotopic (exact) mass is 305 g/mol. The molecular weight excluding hydrogens is 289 g/mol. The van der Waals surface area contributed by atoms with Gasteiger partial charge in [-0.05, 0) is 24.5 Å². The Labute approximate surface area is 122 Å². The van der Waals surface area contributed by atoms with E-state index in [2.05, 4.69) is 5.32 Å². The van der Waals surface area contributed by atoms with Gasteiger partial charge in [0.2, 0.25) is 0 Å². The van der Waals surface area contributed by atoms with Gasteiger partial charge in [-0.15, -0.1) is 0 Å². The van der Waals surface area contributed by atoms with Crippen molar-refractivity contribution in [2.75, 3.05) is 19.8 Å². The van der Waals surface area contributed by atoms with Crippen molar-refractivity contribution in [1.29, 1.82) is 0 Å². The van der Waals surface area contributed by atoms with Gasteiger partial charge in [-0.3, -0.25) is 4.79 Å². The molecule has 1 amide bonds. The maximum atomic E-state index is 11.5. The summed E-state index contributed by atoms with van der Waals surface area (Å²) in [4.78, 5) is 11.5. The van der Waals surface area contributed by atoms with Gasteiger partial charge < -0.3 is 15.2 Å². The molecule has 1 rings (SSSR count). The summed E-state index contributed by atoms with van der Waals surface area (Å²) >= 11 is 11.7. The number of carbonyl (C=O) groups excluding carboxylic acids is 1. The first-order chi connectivity index (χ1) is 9.02. The van der Waals surface area contributed by atoms with Crippen LogP contribution in [0.5, 0.6) is 5.75 Å². The Hall–Kier alpha value is -0.970. The smallest absolute Gasteiger partial charge is 0.257 e. The number of hydrogen-bond donors (Lipinski definition) is 2. The molecule has 0 fully saturated rings. The van der Waals surface area contributed by atoms with Gasteiger partial charge in [0.15, 0.2) is 6.61 Å². The van der Waals surface area contributed by atoms with E-state index in [4.69, 9.17) is 33.0 Å². The molecule has 1 aromatic carbocycles. The predicted octanol–water partition coefficient (Wildman–Crippen LogP) is 2.51. The van der Waals surface area contributed by atoms with E-state index in [9.17, 15) is 4.79 Å². The first-order valence-corrected chi connectivity index (χ1v) is 6.74. The summed E-state index contributed by atoms with van der Waals surface area (Å²) in [5.74, 6) is 0.372. The minimum atomic E-state index is -0.235. The SMILES string of the molecule is CC(CCO)CNC(=O)COc1cc(Cl)ccc1Cl. The Bertz CT molecular complexity index is 426. The van der Waals surface area contributed by atoms with Gasteiger partial charge in [-0.1, -0.05) is 30.1 Å². The van der Waals surface area contributed by atoms with Crippen molar-refractivity contribution in [3.8, 4) is 5.75 Å². The van der Waals surface area contributed by atoms with E-state index >= 15 is 0 Å². The van der Waals surface area contributed by atoms with Crippen LogP contribution in [-0.2, 0) is 4.79 Å². The van der Waals surface area contributed by atoms with E-state index in [-0.39, 0.29) is 25.0 Å². The third-order valence-corrected chi connectivity index (χ3v) is 3.07. The van der Waals surface area contributed by atoms with Crippen LogP contribution in [-0.4, -0.2) is 30.8 Å². The van der Waals surface area contributed by atoms with Gasteiger partial charge in [0.25, 0.3) is 5.91 Å². The summed E-state index contributed by atoms with van der Waals surface area (Å²) in [7, 11) is 0. The highest BCUT2D eigenvalue weighted by Crippen LogP contribution is 2.27. The third-order valence-electron chi connectivity index (χ3n) is 2.52. The minimum absolute atomic E-state index is 0.117. The molecule has 6 heteroatoms. The lowest BCUT2D eigenvalue weighted by Gasteiger charge is -2.12. The second-order valence-electron chi connectivity index (χ2n) is 4.28. The summed E-state index contributed by atoms with van der Waals surface area (Å²) in [6, 6.07) is 4.82. The average molecular weight is 306 g/mol. The van der Waals surface area contributed by atoms with Crippen molar-refractivity contribution in [2.24, 2.45) is 5.92 Å². The molecule has 0 saturated carbocycles. The Balaban J connectivity index is 2.35. The number of aliphatic hydroxyl groups excluding tert-OH is 1. The van der Waals surface area contributed by atoms with Gasteiger partial charge in [-0.2, -0.15) is 0 Å². The van der Waals surface area contributed by atoms with Gasteiger partial charge in [-0.25, -0.2) is 0 Å². The van der Waals surface area contributed by atoms with Crippen LogP contribution in [0.1, 0.15) is 13.3 Å². The van der Waals surface area contributed by atoms with Crippen LogP contribution in [0, 0.1) is 5.92 Å². The zero-order chi connectivity index (χ0) is 14.3. The molecular formula is C13H17Cl2NO3. The normalized spacial score (nSPS) is 12.0. The van der Waals surface area contributed by atoms with Gasteiger partial charge in [0, 0.05) is 24.2 Å². The second-order valence-corrected chi connectivity index (χ2v) is 5.13. The maximum absolute atomic E-state index is 11.5. The summed E-state index contributed by atoms with van der Waals surface area (Å²) in [5.41, 5.74) is 0. The molecule has 0 aliphatic rings. The number of carbonyl (C=O) groups is 1. The molecule has 1 aromatic rings. The van der Waals surface area contributed by atoms with Gasteiger partial charge in [0.05, 0.1) is 5.02 Å². The second kappa shape index (κ2) is 8.25. The molecule has 0 radical (unpaired) electrons. The number of ether oxygens (including phenoxy) is 1. The Morgan fingerprint density at radius 1 is 1.47 bits per heavy atom. The maximum Gasteiger partial charge on any atom is 0.257 e. The largest absolute Gasteiger partial charge is 0.482 e. The van der Waals surface area contributed by atoms with Crippen LogP contribution in [0.3, 0.4) is 0 Å². The van der Waals surface area contributed by atoms with E-state index in [1.165, 1.54) is 0 Å². The molecule has 19 heavy (non-hydrogen) atoms. The number of amides is 1. The van der Waals surface area contributed by atoms with E-state index in [1.807, 2.05) is 6.92 Å². The highest BCUT2D eigenvalue weighted by atomic mass is 35.5. The molecule has 4 nitrogen and oxygen atoms in total. The van der Waals surface area contributed by atoms with Crippen LogP contribution < -0.4 is 10.1 Å². The van der Waals surface area contributed by atoms with E-state index in [1.54, 1.807) is 18.2 Å². The molecule has 0 heterocycles. The third kappa shape index (κ3) is 6.14. The Morgan fingerprint density at radius 3 is 2.89 bits per heavy atom. The first-order valence-electron chi connectivity index (χ1n) is 5.98. The number of rotatable bonds is 7. The number of halogens is 2. The number of hydrogen-bond acceptors (Lipinski definition) is 3. The van der Waals surface area contributed by atoms with E-state index in [0.717, 1.165) is 0 Å². The molecule has 0 aliphatic heterocycles. The topological polar surface area (TPSA) is 58.6 Å². The molecule has 106 valence electrons. The van der Waals surface area contributed by atoms with Crippen molar-refractivity contribution in [3.63, 3.8) is 0 Å². The lowest BCUT2D eigenvalue weighted by molar-refractivity contribution is -0.123. The summed E-state index contributed by atoms with van der Waals surface area (Å²) < 4.78 is 5.29. The number of benzene rings is 1. The first kappa shape index (κ1) is 16.1. The summed E-state index contributed by atoms with van der Waals surface area (Å²) in [6.45, 7) is 2.45. The van der Waals surface area contributed by atoms with Crippen molar-refractivity contribution in [2.45, 2.75) is 13.3 Å². The predicted molar refractivity (Wildman–Crippen MR) is 75.8 cm³/mol. The van der Waals surface area contributed by atoms with Gasteiger partial charge in [0.1, 0.15) is 5.75 Å². The number of nitrogens with one attached hydrogen (secondary N) is 1. The fraction of sp³-hybridized carbons (Fsp3) is 0.462. The van der Waals surface area contributed by atoms with Crippen LogP contribution in [0.4, 0.5) is 0 Å². The Morgan fingerprint density at radius 2 is 2.21 bits per heavy atom. The summed E-state index contributed by atoms with van der Waals surface area (Å²) in [5, 5.41) is 12.4. The molecule has 2 N–H and O–H groups in total. The molecule has 0 saturated heterocycles. The fourth-order valence-corrected chi connectivity index (χ4v) is 1.73. The summed E-state index contributed by atoms with van der Waals surface area (Å²) in [6.07, 6.45) is 0.654. The van der Waals surface area contributed by atoms with Crippen LogP contribution in [0.25, 0.3) is 0 Å². The molecule has 0 aliphatic carbocycles. The van der Waals surface area contributed by atoms with Crippen LogP contribution in [0.2, 0.25) is 10.0 Å². The highest BCUT2D eigenvalue weighted by molar-refractivity contribution is 6.34. The van der Waals surface area contributed by atoms with Crippen LogP contribution in [0.15, 0.2) is 18.2 Å².